The number of hydrogen-bond donors (Lipinski definition) is 0. The Morgan fingerprint density at radius 2 is 1.84 bits per heavy atom. The molecule has 0 heterocycles. The zero-order valence-electron chi connectivity index (χ0n) is 11.2. The largest absolute Gasteiger partial charge is 0.463 e. The average molecular weight is 282 g/mol. The fourth-order valence-electron chi connectivity index (χ4n) is 1.36. The highest BCUT2D eigenvalue weighted by atomic mass is 32.2. The molecule has 0 unspecified atom stereocenters. The van der Waals surface area contributed by atoms with Crippen molar-refractivity contribution >= 4 is 23.5 Å². The van der Waals surface area contributed by atoms with E-state index in [2.05, 4.69) is 0 Å². The van der Waals surface area contributed by atoms with Crippen LogP contribution in [0.4, 0.5) is 0 Å². The van der Waals surface area contributed by atoms with E-state index in [9.17, 15) is 9.59 Å². The van der Waals surface area contributed by atoms with Gasteiger partial charge in [0.25, 0.3) is 0 Å². The first-order valence-corrected chi connectivity index (χ1v) is 7.06. The van der Waals surface area contributed by atoms with E-state index in [0.29, 0.717) is 18.6 Å². The highest BCUT2D eigenvalue weighted by molar-refractivity contribution is 8.00. The lowest BCUT2D eigenvalue weighted by Gasteiger charge is -2.04. The van der Waals surface area contributed by atoms with Crippen LogP contribution in [0.3, 0.4) is 0 Å². The summed E-state index contributed by atoms with van der Waals surface area (Å²) in [7, 11) is 1.56. The van der Waals surface area contributed by atoms with Gasteiger partial charge in [-0.2, -0.15) is 0 Å². The van der Waals surface area contributed by atoms with E-state index in [1.54, 1.807) is 19.2 Å². The smallest absolute Gasteiger partial charge is 0.316 e. The Hall–Kier alpha value is -1.33. The lowest BCUT2D eigenvalue weighted by Crippen LogP contribution is -2.11. The predicted molar refractivity (Wildman–Crippen MR) is 74.6 cm³/mol. The number of thioether (sulfide) groups is 1. The summed E-state index contributed by atoms with van der Waals surface area (Å²) in [6.45, 7) is 2.52. The van der Waals surface area contributed by atoms with Gasteiger partial charge < -0.3 is 9.47 Å². The van der Waals surface area contributed by atoms with Gasteiger partial charge in [0.1, 0.15) is 6.61 Å². The van der Waals surface area contributed by atoms with E-state index in [1.165, 1.54) is 11.8 Å². The Balaban J connectivity index is 2.37. The Kier molecular flexibility index (Phi) is 7.22. The molecule has 104 valence electrons. The minimum atomic E-state index is -0.268. The zero-order valence-corrected chi connectivity index (χ0v) is 12.0. The molecule has 19 heavy (non-hydrogen) atoms. The molecule has 0 aliphatic rings. The van der Waals surface area contributed by atoms with Crippen LogP contribution in [-0.4, -0.2) is 37.8 Å². The molecule has 1 aromatic carbocycles. The topological polar surface area (TPSA) is 52.6 Å². The van der Waals surface area contributed by atoms with Gasteiger partial charge in [-0.25, -0.2) is 0 Å². The molecule has 4 nitrogen and oxygen atoms in total. The number of benzene rings is 1. The van der Waals surface area contributed by atoms with E-state index in [4.69, 9.17) is 9.47 Å². The molecule has 0 atom stereocenters. The molecule has 0 saturated heterocycles. The number of ether oxygens (including phenoxy) is 2. The SMILES string of the molecule is CCC(=O)c1ccc(SCC(=O)OCCOC)cc1. The van der Waals surface area contributed by atoms with Crippen molar-refractivity contribution in [1.29, 1.82) is 0 Å². The number of esters is 1. The summed E-state index contributed by atoms with van der Waals surface area (Å²) in [5.74, 6) is 0.108. The summed E-state index contributed by atoms with van der Waals surface area (Å²) in [5.41, 5.74) is 0.703. The van der Waals surface area contributed by atoms with Crippen molar-refractivity contribution in [2.24, 2.45) is 0 Å². The van der Waals surface area contributed by atoms with Crippen molar-refractivity contribution in [3.63, 3.8) is 0 Å². The highest BCUT2D eigenvalue weighted by Gasteiger charge is 2.06. The van der Waals surface area contributed by atoms with Gasteiger partial charge in [-0.05, 0) is 12.1 Å². The van der Waals surface area contributed by atoms with Crippen LogP contribution in [0.25, 0.3) is 0 Å². The van der Waals surface area contributed by atoms with Crippen molar-refractivity contribution in [3.05, 3.63) is 29.8 Å². The minimum absolute atomic E-state index is 0.121. The highest BCUT2D eigenvalue weighted by Crippen LogP contribution is 2.19. The molecule has 1 aromatic rings. The number of carbonyl (C=O) groups is 2. The lowest BCUT2D eigenvalue weighted by atomic mass is 10.1. The third-order valence-corrected chi connectivity index (χ3v) is 3.39. The van der Waals surface area contributed by atoms with Crippen LogP contribution in [0.2, 0.25) is 0 Å². The fourth-order valence-corrected chi connectivity index (χ4v) is 2.06. The van der Waals surface area contributed by atoms with Crippen molar-refractivity contribution in [1.82, 2.24) is 0 Å². The van der Waals surface area contributed by atoms with Crippen LogP contribution >= 0.6 is 11.8 Å². The van der Waals surface area contributed by atoms with Crippen molar-refractivity contribution in [2.45, 2.75) is 18.2 Å². The van der Waals surface area contributed by atoms with Gasteiger partial charge in [-0.15, -0.1) is 11.8 Å². The molecule has 0 amide bonds. The lowest BCUT2D eigenvalue weighted by molar-refractivity contribution is -0.141. The molecule has 0 aromatic heterocycles. The molecule has 0 aliphatic heterocycles. The molecule has 0 fully saturated rings. The Bertz CT molecular complexity index is 414. The van der Waals surface area contributed by atoms with Gasteiger partial charge in [-0.1, -0.05) is 19.1 Å². The first-order chi connectivity index (χ1) is 9.17. The van der Waals surface area contributed by atoms with Crippen LogP contribution in [0, 0.1) is 0 Å². The fraction of sp³-hybridized carbons (Fsp3) is 0.429. The molecule has 0 saturated carbocycles. The maximum atomic E-state index is 11.4. The summed E-state index contributed by atoms with van der Waals surface area (Å²) in [5, 5.41) is 0. The van der Waals surface area contributed by atoms with E-state index in [-0.39, 0.29) is 24.1 Å². The van der Waals surface area contributed by atoms with Gasteiger partial charge >= 0.3 is 5.97 Å². The third kappa shape index (κ3) is 5.89. The van der Waals surface area contributed by atoms with E-state index in [0.717, 1.165) is 4.90 Å². The first kappa shape index (κ1) is 15.7. The van der Waals surface area contributed by atoms with Crippen LogP contribution in [0.1, 0.15) is 23.7 Å². The number of hydrogen-bond acceptors (Lipinski definition) is 5. The van der Waals surface area contributed by atoms with Crippen LogP contribution in [-0.2, 0) is 14.3 Å². The Morgan fingerprint density at radius 1 is 1.16 bits per heavy atom. The van der Waals surface area contributed by atoms with E-state index < -0.39 is 0 Å². The second kappa shape index (κ2) is 8.72. The van der Waals surface area contributed by atoms with Crippen molar-refractivity contribution in [3.8, 4) is 0 Å². The summed E-state index contributed by atoms with van der Waals surface area (Å²) in [6, 6.07) is 7.25. The molecule has 0 N–H and O–H groups in total. The number of Topliss-reactive ketones (excluding diaryl/α,β-unsaturated/α-hetero) is 1. The summed E-state index contributed by atoms with van der Waals surface area (Å²) >= 11 is 1.39. The number of carbonyl (C=O) groups excluding carboxylic acids is 2. The molecule has 0 spiro atoms. The number of rotatable bonds is 8. The van der Waals surface area contributed by atoms with Crippen LogP contribution in [0.5, 0.6) is 0 Å². The average Bonchev–Trinajstić information content (AvgIpc) is 2.45. The van der Waals surface area contributed by atoms with Gasteiger partial charge in [0.2, 0.25) is 0 Å². The second-order valence-corrected chi connectivity index (χ2v) is 4.85. The van der Waals surface area contributed by atoms with E-state index >= 15 is 0 Å². The molecule has 1 rings (SSSR count). The standard InChI is InChI=1S/C14H18O4S/c1-3-13(15)11-4-6-12(7-5-11)19-10-14(16)18-9-8-17-2/h4-7H,3,8-10H2,1-2H3. The Morgan fingerprint density at radius 3 is 2.42 bits per heavy atom. The molecule has 0 bridgehead atoms. The molecular formula is C14H18O4S. The Labute approximate surface area is 117 Å². The molecule has 5 heteroatoms. The van der Waals surface area contributed by atoms with Crippen LogP contribution in [0.15, 0.2) is 29.2 Å². The van der Waals surface area contributed by atoms with Gasteiger partial charge in [-0.3, -0.25) is 9.59 Å². The minimum Gasteiger partial charge on any atom is -0.463 e. The van der Waals surface area contributed by atoms with Crippen molar-refractivity contribution in [2.75, 3.05) is 26.1 Å². The second-order valence-electron chi connectivity index (χ2n) is 3.80. The summed E-state index contributed by atoms with van der Waals surface area (Å²) < 4.78 is 9.73. The molecule has 0 aliphatic carbocycles. The maximum Gasteiger partial charge on any atom is 0.316 e. The zero-order chi connectivity index (χ0) is 14.1. The summed E-state index contributed by atoms with van der Waals surface area (Å²) in [6.07, 6.45) is 0.498. The van der Waals surface area contributed by atoms with Crippen molar-refractivity contribution < 1.29 is 19.1 Å². The van der Waals surface area contributed by atoms with E-state index in [1.807, 2.05) is 19.1 Å². The van der Waals surface area contributed by atoms with Gasteiger partial charge in [0, 0.05) is 24.0 Å². The van der Waals surface area contributed by atoms with Gasteiger partial charge in [0.05, 0.1) is 12.4 Å². The maximum absolute atomic E-state index is 11.4. The predicted octanol–water partition coefficient (Wildman–Crippen LogP) is 2.56. The first-order valence-electron chi connectivity index (χ1n) is 6.08. The number of methoxy groups -OCH3 is 1. The summed E-state index contributed by atoms with van der Waals surface area (Å²) in [4.78, 5) is 23.7. The number of ketones is 1. The molecular weight excluding hydrogens is 264 g/mol. The monoisotopic (exact) mass is 282 g/mol. The normalized spacial score (nSPS) is 10.2. The third-order valence-electron chi connectivity index (χ3n) is 2.40. The quantitative estimate of drug-likeness (QED) is 0.317. The molecule has 0 radical (unpaired) electrons. The van der Waals surface area contributed by atoms with Crippen LogP contribution < -0.4 is 0 Å². The van der Waals surface area contributed by atoms with Gasteiger partial charge in [0.15, 0.2) is 5.78 Å².